The van der Waals surface area contributed by atoms with Gasteiger partial charge in [-0.2, -0.15) is 0 Å². The number of nitrogens with zero attached hydrogens (tertiary/aromatic N) is 1. The molecule has 3 nitrogen and oxygen atoms in total. The Bertz CT molecular complexity index is 348. The van der Waals surface area contributed by atoms with Crippen molar-refractivity contribution in [1.29, 1.82) is 0 Å². The molecule has 0 aliphatic rings. The van der Waals surface area contributed by atoms with Crippen molar-refractivity contribution in [1.82, 2.24) is 4.90 Å². The first-order valence-corrected chi connectivity index (χ1v) is 5.30. The van der Waals surface area contributed by atoms with E-state index in [9.17, 15) is 4.79 Å². The largest absolute Gasteiger partial charge is 0.468 e. The van der Waals surface area contributed by atoms with E-state index in [-0.39, 0.29) is 5.97 Å². The number of carbonyl (C=O) groups is 1. The van der Waals surface area contributed by atoms with E-state index < -0.39 is 5.54 Å². The van der Waals surface area contributed by atoms with Gasteiger partial charge in [0.05, 0.1) is 7.11 Å². The summed E-state index contributed by atoms with van der Waals surface area (Å²) in [6.07, 6.45) is 0.646. The number of methoxy groups -OCH3 is 1. The number of hydrogen-bond acceptors (Lipinski definition) is 3. The van der Waals surface area contributed by atoms with Crippen molar-refractivity contribution in [3.8, 4) is 0 Å². The highest BCUT2D eigenvalue weighted by molar-refractivity contribution is 5.80. The molecular weight excluding hydrogens is 202 g/mol. The van der Waals surface area contributed by atoms with Gasteiger partial charge < -0.3 is 4.74 Å². The summed E-state index contributed by atoms with van der Waals surface area (Å²) < 4.78 is 4.87. The molecule has 0 fully saturated rings. The lowest BCUT2D eigenvalue weighted by Crippen LogP contribution is -2.51. The van der Waals surface area contributed by atoms with Crippen molar-refractivity contribution in [2.24, 2.45) is 0 Å². The molecule has 0 bridgehead atoms. The van der Waals surface area contributed by atoms with Crippen LogP contribution in [0.15, 0.2) is 30.3 Å². The summed E-state index contributed by atoms with van der Waals surface area (Å²) in [7, 11) is 5.20. The van der Waals surface area contributed by atoms with E-state index in [1.165, 1.54) is 7.11 Å². The van der Waals surface area contributed by atoms with Crippen LogP contribution in [-0.2, 0) is 16.0 Å². The Balaban J connectivity index is 2.92. The average Bonchev–Trinajstić information content (AvgIpc) is 2.28. The summed E-state index contributed by atoms with van der Waals surface area (Å²) in [4.78, 5) is 13.7. The maximum atomic E-state index is 11.8. The second-order valence-corrected chi connectivity index (χ2v) is 4.32. The summed E-state index contributed by atoms with van der Waals surface area (Å²) in [5.41, 5.74) is 0.514. The molecule has 1 rings (SSSR count). The van der Waals surface area contributed by atoms with E-state index >= 15 is 0 Å². The predicted molar refractivity (Wildman–Crippen MR) is 64.3 cm³/mol. The number of carbonyl (C=O) groups excluding carboxylic acids is 1. The van der Waals surface area contributed by atoms with Crippen molar-refractivity contribution in [2.75, 3.05) is 21.2 Å². The molecule has 0 amide bonds. The third-order valence-corrected chi connectivity index (χ3v) is 3.00. The highest BCUT2D eigenvalue weighted by atomic mass is 16.5. The van der Waals surface area contributed by atoms with Gasteiger partial charge in [0.1, 0.15) is 5.54 Å². The molecule has 0 aliphatic carbocycles. The summed E-state index contributed by atoms with van der Waals surface area (Å²) in [6.45, 7) is 1.89. The van der Waals surface area contributed by atoms with Crippen LogP contribution in [-0.4, -0.2) is 37.6 Å². The molecule has 0 aliphatic heterocycles. The normalized spacial score (nSPS) is 14.6. The smallest absolute Gasteiger partial charge is 0.326 e. The van der Waals surface area contributed by atoms with Gasteiger partial charge in [0.15, 0.2) is 0 Å². The van der Waals surface area contributed by atoms with Crippen molar-refractivity contribution in [2.45, 2.75) is 18.9 Å². The minimum atomic E-state index is -0.615. The number of benzene rings is 1. The number of likely N-dealkylation sites (N-methyl/N-ethyl adjacent to an activating group) is 1. The molecule has 0 saturated heterocycles. The molecule has 88 valence electrons. The van der Waals surface area contributed by atoms with Gasteiger partial charge in [-0.1, -0.05) is 30.3 Å². The first-order valence-electron chi connectivity index (χ1n) is 5.30. The third kappa shape index (κ3) is 2.61. The summed E-state index contributed by atoms with van der Waals surface area (Å²) in [5.74, 6) is -0.207. The molecule has 0 aromatic heterocycles. The Morgan fingerprint density at radius 2 is 1.88 bits per heavy atom. The molecule has 0 radical (unpaired) electrons. The lowest BCUT2D eigenvalue weighted by molar-refractivity contribution is -0.152. The highest BCUT2D eigenvalue weighted by Gasteiger charge is 2.36. The zero-order valence-corrected chi connectivity index (χ0v) is 10.4. The minimum Gasteiger partial charge on any atom is -0.468 e. The third-order valence-electron chi connectivity index (χ3n) is 3.00. The Morgan fingerprint density at radius 3 is 2.31 bits per heavy atom. The summed E-state index contributed by atoms with van der Waals surface area (Å²) in [5, 5.41) is 0. The molecule has 1 atom stereocenters. The van der Waals surface area contributed by atoms with Gasteiger partial charge in [0, 0.05) is 6.42 Å². The molecule has 0 saturated carbocycles. The second kappa shape index (κ2) is 5.12. The average molecular weight is 221 g/mol. The standard InChI is InChI=1S/C13H19NO2/c1-13(14(2)3,12(15)16-4)10-11-8-6-5-7-9-11/h5-9H,10H2,1-4H3/t13-/m0/s1. The van der Waals surface area contributed by atoms with Crippen molar-refractivity contribution >= 4 is 5.97 Å². The fourth-order valence-electron chi connectivity index (χ4n) is 1.63. The Labute approximate surface area is 97.0 Å². The molecule has 16 heavy (non-hydrogen) atoms. The summed E-state index contributed by atoms with van der Waals surface area (Å²) in [6, 6.07) is 9.95. The van der Waals surface area contributed by atoms with E-state index in [2.05, 4.69) is 0 Å². The van der Waals surface area contributed by atoms with Gasteiger partial charge in [0.2, 0.25) is 0 Å². The van der Waals surface area contributed by atoms with E-state index in [1.807, 2.05) is 56.3 Å². The van der Waals surface area contributed by atoms with Crippen LogP contribution < -0.4 is 0 Å². The first-order chi connectivity index (χ1) is 7.50. The second-order valence-electron chi connectivity index (χ2n) is 4.32. The Hall–Kier alpha value is -1.35. The fourth-order valence-corrected chi connectivity index (χ4v) is 1.63. The number of esters is 1. The lowest BCUT2D eigenvalue weighted by Gasteiger charge is -2.33. The maximum Gasteiger partial charge on any atom is 0.326 e. The number of rotatable bonds is 4. The van der Waals surface area contributed by atoms with Gasteiger partial charge in [0.25, 0.3) is 0 Å². The Kier molecular flexibility index (Phi) is 4.07. The van der Waals surface area contributed by atoms with E-state index in [0.29, 0.717) is 6.42 Å². The molecule has 1 aromatic carbocycles. The van der Waals surface area contributed by atoms with E-state index in [1.54, 1.807) is 0 Å². The lowest BCUT2D eigenvalue weighted by atomic mass is 9.91. The molecule has 3 heteroatoms. The van der Waals surface area contributed by atoms with E-state index in [0.717, 1.165) is 5.56 Å². The van der Waals surface area contributed by atoms with Crippen LogP contribution >= 0.6 is 0 Å². The van der Waals surface area contributed by atoms with Gasteiger partial charge in [-0.05, 0) is 26.6 Å². The molecule has 0 heterocycles. The van der Waals surface area contributed by atoms with Crippen molar-refractivity contribution in [3.63, 3.8) is 0 Å². The number of ether oxygens (including phenoxy) is 1. The van der Waals surface area contributed by atoms with Crippen LogP contribution in [0, 0.1) is 0 Å². The van der Waals surface area contributed by atoms with Gasteiger partial charge in [-0.15, -0.1) is 0 Å². The van der Waals surface area contributed by atoms with Crippen LogP contribution in [0.4, 0.5) is 0 Å². The molecule has 1 aromatic rings. The molecule has 0 unspecified atom stereocenters. The summed E-state index contributed by atoms with van der Waals surface area (Å²) >= 11 is 0. The van der Waals surface area contributed by atoms with Gasteiger partial charge >= 0.3 is 5.97 Å². The topological polar surface area (TPSA) is 29.5 Å². The van der Waals surface area contributed by atoms with Crippen LogP contribution in [0.3, 0.4) is 0 Å². The minimum absolute atomic E-state index is 0.207. The maximum absolute atomic E-state index is 11.8. The van der Waals surface area contributed by atoms with Crippen molar-refractivity contribution < 1.29 is 9.53 Å². The van der Waals surface area contributed by atoms with Crippen molar-refractivity contribution in [3.05, 3.63) is 35.9 Å². The van der Waals surface area contributed by atoms with Crippen LogP contribution in [0.25, 0.3) is 0 Å². The van der Waals surface area contributed by atoms with Crippen LogP contribution in [0.1, 0.15) is 12.5 Å². The monoisotopic (exact) mass is 221 g/mol. The van der Waals surface area contributed by atoms with Crippen LogP contribution in [0.2, 0.25) is 0 Å². The zero-order chi connectivity index (χ0) is 12.2. The molecular formula is C13H19NO2. The highest BCUT2D eigenvalue weighted by Crippen LogP contribution is 2.19. The van der Waals surface area contributed by atoms with Gasteiger partial charge in [-0.25, -0.2) is 0 Å². The first kappa shape index (κ1) is 12.7. The zero-order valence-electron chi connectivity index (χ0n) is 10.4. The predicted octanol–water partition coefficient (Wildman–Crippen LogP) is 1.72. The van der Waals surface area contributed by atoms with Gasteiger partial charge in [-0.3, -0.25) is 9.69 Å². The fraction of sp³-hybridized carbons (Fsp3) is 0.462. The SMILES string of the molecule is COC(=O)[C@](C)(Cc1ccccc1)N(C)C. The molecule has 0 N–H and O–H groups in total. The number of hydrogen-bond donors (Lipinski definition) is 0. The van der Waals surface area contributed by atoms with E-state index in [4.69, 9.17) is 4.74 Å². The molecule has 0 spiro atoms. The Morgan fingerprint density at radius 1 is 1.31 bits per heavy atom. The quantitative estimate of drug-likeness (QED) is 0.725. The van der Waals surface area contributed by atoms with Crippen LogP contribution in [0.5, 0.6) is 0 Å².